The Hall–Kier alpha value is -1.56. The molecule has 6 heteroatoms. The molecule has 0 aliphatic rings. The normalized spacial score (nSPS) is 10.3. The number of nitrogens with zero attached hydrogens (tertiary/aromatic N) is 2. The van der Waals surface area contributed by atoms with Crippen LogP contribution >= 0.6 is 15.9 Å². The summed E-state index contributed by atoms with van der Waals surface area (Å²) < 4.78 is 31.4. The molecule has 0 radical (unpaired) electrons. The van der Waals surface area contributed by atoms with Gasteiger partial charge in [-0.15, -0.1) is 0 Å². The van der Waals surface area contributed by atoms with Crippen molar-refractivity contribution in [2.75, 3.05) is 0 Å². The molecule has 0 saturated heterocycles. The molecule has 1 aromatic carbocycles. The first-order chi connectivity index (χ1) is 8.16. The highest BCUT2D eigenvalue weighted by Gasteiger charge is 2.09. The highest BCUT2D eigenvalue weighted by molar-refractivity contribution is 9.10. The molecule has 0 bridgehead atoms. The molecule has 0 fully saturated rings. The smallest absolute Gasteiger partial charge is 0.180 e. The quantitative estimate of drug-likeness (QED) is 0.817. The fraction of sp³-hybridized carbons (Fsp3) is 0.0909. The topological polar surface area (TPSA) is 35.0 Å². The van der Waals surface area contributed by atoms with Crippen molar-refractivity contribution in [2.45, 2.75) is 6.61 Å². The summed E-state index contributed by atoms with van der Waals surface area (Å²) in [5, 5.41) is 0. The maximum atomic E-state index is 13.5. The van der Waals surface area contributed by atoms with Gasteiger partial charge in [0.05, 0.1) is 0 Å². The molecule has 3 nitrogen and oxygen atoms in total. The number of aromatic nitrogens is 2. The van der Waals surface area contributed by atoms with E-state index in [1.165, 1.54) is 30.6 Å². The van der Waals surface area contributed by atoms with E-state index in [1.807, 2.05) is 0 Å². The number of ether oxygens (including phenoxy) is 1. The Morgan fingerprint density at radius 3 is 2.53 bits per heavy atom. The summed E-state index contributed by atoms with van der Waals surface area (Å²) in [5.74, 6) is -0.469. The van der Waals surface area contributed by atoms with Crippen LogP contribution in [-0.4, -0.2) is 9.97 Å². The zero-order valence-corrected chi connectivity index (χ0v) is 10.1. The van der Waals surface area contributed by atoms with Crippen molar-refractivity contribution in [1.29, 1.82) is 0 Å². The molecular formula is C11H7BrF2N2O. The molecule has 2 rings (SSSR count). The Kier molecular flexibility index (Phi) is 3.63. The van der Waals surface area contributed by atoms with Crippen LogP contribution in [0.2, 0.25) is 0 Å². The van der Waals surface area contributed by atoms with Crippen molar-refractivity contribution in [2.24, 2.45) is 0 Å². The summed E-state index contributed by atoms with van der Waals surface area (Å²) in [6.07, 6.45) is 1.23. The maximum Gasteiger partial charge on any atom is 0.180 e. The number of hydrogen-bond acceptors (Lipinski definition) is 3. The Morgan fingerprint density at radius 1 is 1.12 bits per heavy atom. The number of hydrogen-bond donors (Lipinski definition) is 0. The van der Waals surface area contributed by atoms with E-state index in [-0.39, 0.29) is 22.7 Å². The van der Waals surface area contributed by atoms with Crippen molar-refractivity contribution < 1.29 is 13.5 Å². The molecule has 0 amide bonds. The second-order valence-electron chi connectivity index (χ2n) is 3.17. The zero-order valence-electron chi connectivity index (χ0n) is 8.53. The summed E-state index contributed by atoms with van der Waals surface area (Å²) >= 11 is 2.95. The van der Waals surface area contributed by atoms with Gasteiger partial charge >= 0.3 is 0 Å². The molecular weight excluding hydrogens is 294 g/mol. The molecule has 1 aromatic heterocycles. The summed E-state index contributed by atoms with van der Waals surface area (Å²) in [6, 6.07) is 5.45. The summed E-state index contributed by atoms with van der Waals surface area (Å²) in [6.45, 7) is -0.0431. The molecule has 2 aromatic rings. The Labute approximate surface area is 105 Å². The molecule has 0 unspecified atom stereocenters. The minimum atomic E-state index is -0.561. The Morgan fingerprint density at radius 2 is 1.82 bits per heavy atom. The van der Waals surface area contributed by atoms with Crippen molar-refractivity contribution >= 4 is 15.9 Å². The van der Waals surface area contributed by atoms with Gasteiger partial charge in [0.1, 0.15) is 34.8 Å². The van der Waals surface area contributed by atoms with Crippen LogP contribution in [0, 0.1) is 11.6 Å². The molecule has 17 heavy (non-hydrogen) atoms. The van der Waals surface area contributed by atoms with Gasteiger partial charge in [-0.25, -0.2) is 18.7 Å². The second kappa shape index (κ2) is 5.18. The highest BCUT2D eigenvalue weighted by atomic mass is 79.9. The van der Waals surface area contributed by atoms with Gasteiger partial charge in [-0.05, 0) is 40.2 Å². The van der Waals surface area contributed by atoms with Gasteiger partial charge in [0.25, 0.3) is 0 Å². The summed E-state index contributed by atoms with van der Waals surface area (Å²) in [5.41, 5.74) is 0.135. The fourth-order valence-electron chi connectivity index (χ4n) is 1.16. The zero-order chi connectivity index (χ0) is 12.3. The van der Waals surface area contributed by atoms with Crippen LogP contribution in [0.3, 0.4) is 0 Å². The van der Waals surface area contributed by atoms with Gasteiger partial charge in [0.15, 0.2) is 5.82 Å². The second-order valence-corrected chi connectivity index (χ2v) is 3.92. The lowest BCUT2D eigenvalue weighted by Gasteiger charge is -2.06. The van der Waals surface area contributed by atoms with Crippen molar-refractivity contribution in [1.82, 2.24) is 9.97 Å². The fourth-order valence-corrected chi connectivity index (χ4v) is 1.49. The average Bonchev–Trinajstić information content (AvgIpc) is 2.33. The predicted molar refractivity (Wildman–Crippen MR) is 60.4 cm³/mol. The van der Waals surface area contributed by atoms with Gasteiger partial charge < -0.3 is 4.74 Å². The third kappa shape index (κ3) is 2.97. The highest BCUT2D eigenvalue weighted by Crippen LogP contribution is 2.17. The Balaban J connectivity index is 2.07. The van der Waals surface area contributed by atoms with E-state index in [2.05, 4.69) is 25.9 Å². The molecule has 0 atom stereocenters. The van der Waals surface area contributed by atoms with E-state index in [0.29, 0.717) is 5.75 Å². The number of rotatable bonds is 3. The van der Waals surface area contributed by atoms with Crippen LogP contribution in [-0.2, 0) is 6.61 Å². The van der Waals surface area contributed by atoms with Gasteiger partial charge in [0, 0.05) is 0 Å². The summed E-state index contributed by atoms with van der Waals surface area (Å²) in [7, 11) is 0. The molecule has 0 spiro atoms. The van der Waals surface area contributed by atoms with E-state index in [0.717, 1.165) is 0 Å². The van der Waals surface area contributed by atoms with Crippen molar-refractivity contribution in [3.63, 3.8) is 0 Å². The van der Waals surface area contributed by atoms with Gasteiger partial charge in [-0.3, -0.25) is 0 Å². The third-order valence-corrected chi connectivity index (χ3v) is 2.56. The van der Waals surface area contributed by atoms with E-state index in [1.54, 1.807) is 0 Å². The Bertz CT molecular complexity index is 519. The molecule has 0 aliphatic carbocycles. The number of benzene rings is 1. The van der Waals surface area contributed by atoms with Crippen LogP contribution in [0.4, 0.5) is 8.78 Å². The van der Waals surface area contributed by atoms with Crippen molar-refractivity contribution in [3.8, 4) is 5.75 Å². The van der Waals surface area contributed by atoms with Gasteiger partial charge in [0.2, 0.25) is 0 Å². The average molecular weight is 301 g/mol. The van der Waals surface area contributed by atoms with E-state index in [4.69, 9.17) is 4.74 Å². The van der Waals surface area contributed by atoms with E-state index in [9.17, 15) is 8.78 Å². The van der Waals surface area contributed by atoms with Crippen LogP contribution < -0.4 is 4.74 Å². The molecule has 88 valence electrons. The van der Waals surface area contributed by atoms with E-state index < -0.39 is 5.82 Å². The first kappa shape index (κ1) is 11.9. The lowest BCUT2D eigenvalue weighted by molar-refractivity contribution is 0.292. The standard InChI is InChI=1S/C11H7BrF2N2O/c12-11-10(14)9(15-6-16-11)5-17-8-3-1-7(13)2-4-8/h1-4,6H,5H2. The minimum absolute atomic E-state index is 0.0431. The van der Waals surface area contributed by atoms with Gasteiger partial charge in [-0.2, -0.15) is 0 Å². The third-order valence-electron chi connectivity index (χ3n) is 2.01. The van der Waals surface area contributed by atoms with Crippen LogP contribution in [0.15, 0.2) is 35.2 Å². The largest absolute Gasteiger partial charge is 0.487 e. The summed E-state index contributed by atoms with van der Waals surface area (Å²) in [4.78, 5) is 7.39. The first-order valence-electron chi connectivity index (χ1n) is 4.70. The SMILES string of the molecule is Fc1ccc(OCc2ncnc(Br)c2F)cc1. The maximum absolute atomic E-state index is 13.5. The lowest BCUT2D eigenvalue weighted by atomic mass is 10.3. The molecule has 0 N–H and O–H groups in total. The van der Waals surface area contributed by atoms with Crippen molar-refractivity contribution in [3.05, 3.63) is 52.5 Å². The van der Waals surface area contributed by atoms with E-state index >= 15 is 0 Å². The van der Waals surface area contributed by atoms with Crippen LogP contribution in [0.5, 0.6) is 5.75 Å². The monoisotopic (exact) mass is 300 g/mol. The molecule has 0 aliphatic heterocycles. The minimum Gasteiger partial charge on any atom is -0.487 e. The van der Waals surface area contributed by atoms with Crippen LogP contribution in [0.1, 0.15) is 5.69 Å². The van der Waals surface area contributed by atoms with Crippen LogP contribution in [0.25, 0.3) is 0 Å². The van der Waals surface area contributed by atoms with Gasteiger partial charge in [-0.1, -0.05) is 0 Å². The lowest BCUT2D eigenvalue weighted by Crippen LogP contribution is -2.03. The molecule has 1 heterocycles. The predicted octanol–water partition coefficient (Wildman–Crippen LogP) is 3.10. The molecule has 0 saturated carbocycles. The number of halogens is 3. The first-order valence-corrected chi connectivity index (χ1v) is 5.49.